The third-order valence-electron chi connectivity index (χ3n) is 3.65. The molecule has 0 spiro atoms. The van der Waals surface area contributed by atoms with E-state index in [0.717, 1.165) is 31.5 Å². The number of hydrogen-bond acceptors (Lipinski definition) is 3. The Morgan fingerprint density at radius 2 is 2.05 bits per heavy atom. The number of ketones is 1. The summed E-state index contributed by atoms with van der Waals surface area (Å²) >= 11 is 1.58. The zero-order valence-corrected chi connectivity index (χ0v) is 12.4. The molecule has 1 saturated heterocycles. The predicted octanol–water partition coefficient (Wildman–Crippen LogP) is 4.38. The molecule has 0 N–H and O–H groups in total. The third kappa shape index (κ3) is 3.22. The average molecular weight is 301 g/mol. The third-order valence-corrected chi connectivity index (χ3v) is 4.35. The van der Waals surface area contributed by atoms with Crippen molar-refractivity contribution in [2.24, 2.45) is 0 Å². The maximum absolute atomic E-state index is 14.2. The van der Waals surface area contributed by atoms with Gasteiger partial charge in [-0.15, -0.1) is 0 Å². The molecule has 2 aromatic rings. The summed E-state index contributed by atoms with van der Waals surface area (Å²) in [5, 5.41) is 3.91. The summed E-state index contributed by atoms with van der Waals surface area (Å²) in [6, 6.07) is 6.70. The molecule has 0 saturated carbocycles. The molecule has 2 nitrogen and oxygen atoms in total. The molecular weight excluding hydrogens is 285 g/mol. The van der Waals surface area contributed by atoms with Gasteiger partial charge in [0.25, 0.3) is 0 Å². The van der Waals surface area contributed by atoms with E-state index in [4.69, 9.17) is 0 Å². The number of allylic oxidation sites excluding steroid dienone is 1. The molecule has 0 aliphatic carbocycles. The quantitative estimate of drug-likeness (QED) is 0.617. The van der Waals surface area contributed by atoms with Crippen LogP contribution in [0.25, 0.3) is 6.08 Å². The van der Waals surface area contributed by atoms with Crippen LogP contribution in [0.15, 0.2) is 41.1 Å². The van der Waals surface area contributed by atoms with Crippen molar-refractivity contribution in [2.75, 3.05) is 18.0 Å². The maximum atomic E-state index is 14.2. The molecule has 0 unspecified atom stereocenters. The maximum Gasteiger partial charge on any atom is 0.185 e. The molecule has 1 aliphatic rings. The lowest BCUT2D eigenvalue weighted by atomic mass is 10.1. The summed E-state index contributed by atoms with van der Waals surface area (Å²) < 4.78 is 14.2. The summed E-state index contributed by atoms with van der Waals surface area (Å²) in [4.78, 5) is 14.1. The highest BCUT2D eigenvalue weighted by molar-refractivity contribution is 7.08. The normalized spacial score (nSPS) is 15.0. The van der Waals surface area contributed by atoms with Gasteiger partial charge in [-0.3, -0.25) is 4.79 Å². The van der Waals surface area contributed by atoms with Crippen molar-refractivity contribution < 1.29 is 9.18 Å². The van der Waals surface area contributed by atoms with Gasteiger partial charge in [0.1, 0.15) is 5.82 Å². The number of thiophene rings is 1. The highest BCUT2D eigenvalue weighted by Crippen LogP contribution is 2.24. The first kappa shape index (κ1) is 14.0. The molecule has 108 valence electrons. The Morgan fingerprint density at radius 3 is 2.71 bits per heavy atom. The number of hydrogen-bond donors (Lipinski definition) is 0. The van der Waals surface area contributed by atoms with Crippen molar-refractivity contribution in [3.05, 3.63) is 58.0 Å². The summed E-state index contributed by atoms with van der Waals surface area (Å²) in [6.07, 6.45) is 5.45. The number of anilines is 1. The van der Waals surface area contributed by atoms with E-state index in [1.54, 1.807) is 29.5 Å². The van der Waals surface area contributed by atoms with Crippen LogP contribution >= 0.6 is 11.3 Å². The molecule has 2 heterocycles. The number of halogens is 1. The van der Waals surface area contributed by atoms with E-state index >= 15 is 0 Å². The minimum absolute atomic E-state index is 0.173. The molecule has 1 aliphatic heterocycles. The van der Waals surface area contributed by atoms with Gasteiger partial charge in [-0.2, -0.15) is 11.3 Å². The minimum atomic E-state index is -0.313. The number of nitrogens with zero attached hydrogens (tertiary/aromatic N) is 1. The van der Waals surface area contributed by atoms with Gasteiger partial charge in [-0.05, 0) is 59.5 Å². The predicted molar refractivity (Wildman–Crippen MR) is 85.5 cm³/mol. The highest BCUT2D eigenvalue weighted by atomic mass is 32.1. The van der Waals surface area contributed by atoms with E-state index in [-0.39, 0.29) is 11.6 Å². The van der Waals surface area contributed by atoms with Crippen molar-refractivity contribution in [3.63, 3.8) is 0 Å². The fourth-order valence-corrected chi connectivity index (χ4v) is 3.14. The number of benzene rings is 1. The number of rotatable bonds is 4. The van der Waals surface area contributed by atoms with Crippen LogP contribution in [0.1, 0.15) is 28.8 Å². The minimum Gasteiger partial charge on any atom is -0.369 e. The Kier molecular flexibility index (Phi) is 4.15. The number of carbonyl (C=O) groups is 1. The van der Waals surface area contributed by atoms with E-state index < -0.39 is 0 Å². The van der Waals surface area contributed by atoms with E-state index in [0.29, 0.717) is 11.3 Å². The van der Waals surface area contributed by atoms with Gasteiger partial charge in [0, 0.05) is 18.7 Å². The molecule has 4 heteroatoms. The molecule has 21 heavy (non-hydrogen) atoms. The first-order chi connectivity index (χ1) is 10.2. The molecule has 3 rings (SSSR count). The van der Waals surface area contributed by atoms with Gasteiger partial charge in [-0.25, -0.2) is 4.39 Å². The molecule has 0 radical (unpaired) electrons. The van der Waals surface area contributed by atoms with Gasteiger partial charge < -0.3 is 4.90 Å². The Balaban J connectivity index is 1.76. The van der Waals surface area contributed by atoms with Gasteiger partial charge in [0.05, 0.1) is 5.69 Å². The van der Waals surface area contributed by atoms with E-state index in [9.17, 15) is 9.18 Å². The lowest BCUT2D eigenvalue weighted by Gasteiger charge is -2.18. The van der Waals surface area contributed by atoms with Gasteiger partial charge in [0.15, 0.2) is 5.78 Å². The summed E-state index contributed by atoms with van der Waals surface area (Å²) in [6.45, 7) is 1.78. The second-order valence-corrected chi connectivity index (χ2v) is 5.89. The van der Waals surface area contributed by atoms with Crippen molar-refractivity contribution in [1.82, 2.24) is 0 Å². The van der Waals surface area contributed by atoms with Gasteiger partial charge >= 0.3 is 0 Å². The summed E-state index contributed by atoms with van der Waals surface area (Å²) in [5.74, 6) is -0.486. The Labute approximate surface area is 127 Å². The summed E-state index contributed by atoms with van der Waals surface area (Å²) in [5.41, 5.74) is 1.98. The Hall–Kier alpha value is -1.94. The van der Waals surface area contributed by atoms with Gasteiger partial charge in [-0.1, -0.05) is 6.08 Å². The zero-order valence-electron chi connectivity index (χ0n) is 11.6. The molecule has 1 aromatic carbocycles. The monoisotopic (exact) mass is 301 g/mol. The zero-order chi connectivity index (χ0) is 14.7. The SMILES string of the molecule is O=C(C=Cc1ccsc1)c1ccc(N2CCCC2)c(F)c1. The van der Waals surface area contributed by atoms with E-state index in [2.05, 4.69) is 0 Å². The van der Waals surface area contributed by atoms with Gasteiger partial charge in [0.2, 0.25) is 0 Å². The molecule has 0 atom stereocenters. The Morgan fingerprint density at radius 1 is 1.24 bits per heavy atom. The van der Waals surface area contributed by atoms with Crippen LogP contribution in [0.2, 0.25) is 0 Å². The van der Waals surface area contributed by atoms with Crippen LogP contribution in [0.5, 0.6) is 0 Å². The summed E-state index contributed by atoms with van der Waals surface area (Å²) in [7, 11) is 0. The van der Waals surface area contributed by atoms with Crippen molar-refractivity contribution in [3.8, 4) is 0 Å². The molecule has 0 bridgehead atoms. The van der Waals surface area contributed by atoms with E-state index in [1.165, 1.54) is 12.1 Å². The Bertz CT molecular complexity index is 657. The van der Waals surface area contributed by atoms with Crippen LogP contribution in [-0.4, -0.2) is 18.9 Å². The molecule has 1 aromatic heterocycles. The van der Waals surface area contributed by atoms with Crippen LogP contribution < -0.4 is 4.90 Å². The van der Waals surface area contributed by atoms with Crippen LogP contribution in [0.4, 0.5) is 10.1 Å². The standard InChI is InChI=1S/C17H16FNOS/c18-15-11-14(4-5-16(15)19-8-1-2-9-19)17(20)6-3-13-7-10-21-12-13/h3-7,10-12H,1-2,8-9H2. The average Bonchev–Trinajstić information content (AvgIpc) is 3.17. The smallest absolute Gasteiger partial charge is 0.185 e. The number of carbonyl (C=O) groups excluding carboxylic acids is 1. The van der Waals surface area contributed by atoms with Crippen LogP contribution in [-0.2, 0) is 0 Å². The second kappa shape index (κ2) is 6.22. The fraction of sp³-hybridized carbons (Fsp3) is 0.235. The van der Waals surface area contributed by atoms with E-state index in [1.807, 2.05) is 21.7 Å². The molecule has 0 amide bonds. The second-order valence-electron chi connectivity index (χ2n) is 5.11. The fourth-order valence-electron chi connectivity index (χ4n) is 2.51. The first-order valence-electron chi connectivity index (χ1n) is 7.03. The van der Waals surface area contributed by atoms with Crippen LogP contribution in [0, 0.1) is 5.82 Å². The van der Waals surface area contributed by atoms with Crippen molar-refractivity contribution in [1.29, 1.82) is 0 Å². The lowest BCUT2D eigenvalue weighted by Crippen LogP contribution is -2.19. The molecule has 1 fully saturated rings. The topological polar surface area (TPSA) is 20.3 Å². The lowest BCUT2D eigenvalue weighted by molar-refractivity contribution is 0.104. The molecular formula is C17H16FNOS. The largest absolute Gasteiger partial charge is 0.369 e. The first-order valence-corrected chi connectivity index (χ1v) is 7.97. The van der Waals surface area contributed by atoms with Crippen LogP contribution in [0.3, 0.4) is 0 Å². The highest BCUT2D eigenvalue weighted by Gasteiger charge is 2.17. The van der Waals surface area contributed by atoms with Crippen molar-refractivity contribution >= 4 is 28.9 Å². The van der Waals surface area contributed by atoms with Crippen molar-refractivity contribution in [2.45, 2.75) is 12.8 Å².